The molecule has 0 aliphatic heterocycles. The lowest BCUT2D eigenvalue weighted by Crippen LogP contribution is -2.24. The number of aliphatic carboxylic acids is 1. The van der Waals surface area contributed by atoms with E-state index >= 15 is 0 Å². The Labute approximate surface area is 116 Å². The largest absolute Gasteiger partial charge is 0.481 e. The molecular formula is C12H11F4NO4. The Balaban J connectivity index is 2.53. The number of hydrogen-bond donors (Lipinski definition) is 2. The molecule has 116 valence electrons. The van der Waals surface area contributed by atoms with Crippen LogP contribution in [0.1, 0.15) is 5.56 Å². The first-order valence-corrected chi connectivity index (χ1v) is 5.62. The molecule has 0 aliphatic rings. The van der Waals surface area contributed by atoms with Gasteiger partial charge < -0.3 is 15.2 Å². The molecule has 0 saturated heterocycles. The number of anilines is 1. The van der Waals surface area contributed by atoms with Crippen LogP contribution < -0.4 is 5.32 Å². The Bertz CT molecular complexity index is 530. The Morgan fingerprint density at radius 1 is 1.29 bits per heavy atom. The second-order valence-corrected chi connectivity index (χ2v) is 4.03. The Morgan fingerprint density at radius 3 is 2.48 bits per heavy atom. The van der Waals surface area contributed by atoms with E-state index in [0.29, 0.717) is 0 Å². The van der Waals surface area contributed by atoms with E-state index < -0.39 is 43.5 Å². The number of amides is 1. The predicted octanol–water partition coefficient (Wildman–Crippen LogP) is 1.97. The highest BCUT2D eigenvalue weighted by molar-refractivity contribution is 5.91. The third-order valence-electron chi connectivity index (χ3n) is 2.18. The van der Waals surface area contributed by atoms with Crippen LogP contribution in [-0.4, -0.2) is 36.4 Å². The molecule has 0 atom stereocenters. The lowest BCUT2D eigenvalue weighted by atomic mass is 10.1. The molecule has 1 aromatic carbocycles. The fourth-order valence-electron chi connectivity index (χ4n) is 1.39. The average molecular weight is 309 g/mol. The van der Waals surface area contributed by atoms with Gasteiger partial charge in [0.1, 0.15) is 19.0 Å². The van der Waals surface area contributed by atoms with Crippen LogP contribution in [0, 0.1) is 5.82 Å². The molecular weight excluding hydrogens is 298 g/mol. The number of carboxylic acids is 1. The first kappa shape index (κ1) is 16.9. The molecule has 0 radical (unpaired) electrons. The van der Waals surface area contributed by atoms with Gasteiger partial charge in [0.05, 0.1) is 6.42 Å². The highest BCUT2D eigenvalue weighted by Crippen LogP contribution is 2.16. The zero-order valence-corrected chi connectivity index (χ0v) is 10.5. The quantitative estimate of drug-likeness (QED) is 0.788. The maximum absolute atomic E-state index is 13.5. The van der Waals surface area contributed by atoms with E-state index in [1.54, 1.807) is 0 Å². The second-order valence-electron chi connectivity index (χ2n) is 4.03. The summed E-state index contributed by atoms with van der Waals surface area (Å²) >= 11 is 0. The molecule has 0 heterocycles. The molecule has 1 amide bonds. The van der Waals surface area contributed by atoms with Gasteiger partial charge in [0.2, 0.25) is 5.91 Å². The third kappa shape index (κ3) is 6.70. The summed E-state index contributed by atoms with van der Waals surface area (Å²) in [6, 6.07) is 3.28. The SMILES string of the molecule is O=C(O)Cc1ccc(NC(=O)COCC(F)(F)F)cc1F. The minimum absolute atomic E-state index is 0.0118. The molecule has 1 rings (SSSR count). The zero-order chi connectivity index (χ0) is 16.0. The van der Waals surface area contributed by atoms with Crippen LogP contribution in [0.25, 0.3) is 0 Å². The summed E-state index contributed by atoms with van der Waals surface area (Å²) in [6.07, 6.45) is -5.06. The lowest BCUT2D eigenvalue weighted by Gasteiger charge is -2.09. The van der Waals surface area contributed by atoms with Crippen molar-refractivity contribution in [3.63, 3.8) is 0 Å². The maximum atomic E-state index is 13.5. The summed E-state index contributed by atoms with van der Waals surface area (Å²) in [5.41, 5.74) is -0.0870. The second kappa shape index (κ2) is 7.02. The zero-order valence-electron chi connectivity index (χ0n) is 10.5. The van der Waals surface area contributed by atoms with Gasteiger partial charge in [-0.25, -0.2) is 4.39 Å². The van der Waals surface area contributed by atoms with E-state index in [0.717, 1.165) is 12.1 Å². The summed E-state index contributed by atoms with van der Waals surface area (Å²) in [7, 11) is 0. The van der Waals surface area contributed by atoms with Crippen molar-refractivity contribution in [3.8, 4) is 0 Å². The number of nitrogens with one attached hydrogen (secondary N) is 1. The topological polar surface area (TPSA) is 75.6 Å². The molecule has 9 heteroatoms. The molecule has 0 saturated carbocycles. The summed E-state index contributed by atoms with van der Waals surface area (Å²) in [6.45, 7) is -2.40. The lowest BCUT2D eigenvalue weighted by molar-refractivity contribution is -0.174. The summed E-state index contributed by atoms with van der Waals surface area (Å²) < 4.78 is 52.9. The molecule has 0 bridgehead atoms. The number of carbonyl (C=O) groups is 2. The van der Waals surface area contributed by atoms with Crippen molar-refractivity contribution in [2.75, 3.05) is 18.5 Å². The highest BCUT2D eigenvalue weighted by atomic mass is 19.4. The monoisotopic (exact) mass is 309 g/mol. The molecule has 1 aromatic rings. The number of carboxylic acid groups (broad SMARTS) is 1. The fraction of sp³-hybridized carbons (Fsp3) is 0.333. The van der Waals surface area contributed by atoms with Crippen LogP contribution in [0.5, 0.6) is 0 Å². The fourth-order valence-corrected chi connectivity index (χ4v) is 1.39. The van der Waals surface area contributed by atoms with Crippen molar-refractivity contribution < 1.29 is 37.0 Å². The first-order chi connectivity index (χ1) is 9.67. The van der Waals surface area contributed by atoms with Gasteiger partial charge in [0.15, 0.2) is 0 Å². The van der Waals surface area contributed by atoms with Gasteiger partial charge in [-0.05, 0) is 17.7 Å². The minimum Gasteiger partial charge on any atom is -0.481 e. The van der Waals surface area contributed by atoms with Gasteiger partial charge in [0.25, 0.3) is 0 Å². The summed E-state index contributed by atoms with van der Waals surface area (Å²) in [4.78, 5) is 21.7. The highest BCUT2D eigenvalue weighted by Gasteiger charge is 2.27. The van der Waals surface area contributed by atoms with Crippen molar-refractivity contribution in [2.45, 2.75) is 12.6 Å². The average Bonchev–Trinajstić information content (AvgIpc) is 2.30. The smallest absolute Gasteiger partial charge is 0.411 e. The number of halogens is 4. The van der Waals surface area contributed by atoms with Crippen LogP contribution in [0.4, 0.5) is 23.2 Å². The van der Waals surface area contributed by atoms with Crippen molar-refractivity contribution >= 4 is 17.6 Å². The summed E-state index contributed by atoms with van der Waals surface area (Å²) in [5, 5.41) is 10.7. The van der Waals surface area contributed by atoms with Gasteiger partial charge in [-0.3, -0.25) is 9.59 Å². The van der Waals surface area contributed by atoms with E-state index in [-0.39, 0.29) is 11.3 Å². The number of rotatable bonds is 6. The number of ether oxygens (including phenoxy) is 1. The molecule has 0 unspecified atom stereocenters. The van der Waals surface area contributed by atoms with Gasteiger partial charge >= 0.3 is 12.1 Å². The van der Waals surface area contributed by atoms with E-state index in [1.807, 2.05) is 0 Å². The van der Waals surface area contributed by atoms with E-state index in [4.69, 9.17) is 5.11 Å². The van der Waals surface area contributed by atoms with Crippen molar-refractivity contribution in [2.24, 2.45) is 0 Å². The molecule has 0 aliphatic carbocycles. The van der Waals surface area contributed by atoms with Crippen LogP contribution in [0.2, 0.25) is 0 Å². The van der Waals surface area contributed by atoms with Crippen LogP contribution in [0.15, 0.2) is 18.2 Å². The van der Waals surface area contributed by atoms with Gasteiger partial charge in [0, 0.05) is 5.69 Å². The number of hydrogen-bond acceptors (Lipinski definition) is 3. The molecule has 0 fully saturated rings. The standard InChI is InChI=1S/C12H11F4NO4/c13-9-4-8(2-1-7(9)3-11(19)20)17-10(18)5-21-6-12(14,15)16/h1-2,4H,3,5-6H2,(H,17,18)(H,19,20). The van der Waals surface area contributed by atoms with Gasteiger partial charge in [-0.2, -0.15) is 13.2 Å². The number of alkyl halides is 3. The van der Waals surface area contributed by atoms with E-state index in [2.05, 4.69) is 10.1 Å². The van der Waals surface area contributed by atoms with Gasteiger partial charge in [-0.1, -0.05) is 6.07 Å². The van der Waals surface area contributed by atoms with Crippen molar-refractivity contribution in [3.05, 3.63) is 29.6 Å². The number of carbonyl (C=O) groups excluding carboxylic acids is 1. The Hall–Kier alpha value is -2.16. The van der Waals surface area contributed by atoms with Crippen molar-refractivity contribution in [1.82, 2.24) is 0 Å². The van der Waals surface area contributed by atoms with Crippen LogP contribution >= 0.6 is 0 Å². The minimum atomic E-state index is -4.54. The van der Waals surface area contributed by atoms with Crippen LogP contribution in [0.3, 0.4) is 0 Å². The third-order valence-corrected chi connectivity index (χ3v) is 2.18. The normalized spacial score (nSPS) is 11.2. The summed E-state index contributed by atoms with van der Waals surface area (Å²) in [5.74, 6) is -2.94. The van der Waals surface area contributed by atoms with Gasteiger partial charge in [-0.15, -0.1) is 0 Å². The molecule has 2 N–H and O–H groups in total. The Kier molecular flexibility index (Phi) is 5.65. The van der Waals surface area contributed by atoms with E-state index in [1.165, 1.54) is 6.07 Å². The molecule has 0 aromatic heterocycles. The first-order valence-electron chi connectivity index (χ1n) is 5.62. The molecule has 5 nitrogen and oxygen atoms in total. The van der Waals surface area contributed by atoms with E-state index in [9.17, 15) is 27.2 Å². The Morgan fingerprint density at radius 2 is 1.95 bits per heavy atom. The predicted molar refractivity (Wildman–Crippen MR) is 63.2 cm³/mol. The maximum Gasteiger partial charge on any atom is 0.411 e. The molecule has 21 heavy (non-hydrogen) atoms. The number of benzene rings is 1. The van der Waals surface area contributed by atoms with Crippen LogP contribution in [-0.2, 0) is 20.7 Å². The molecule has 0 spiro atoms. The van der Waals surface area contributed by atoms with Crippen molar-refractivity contribution in [1.29, 1.82) is 0 Å².